The molecule has 2 aliphatic rings. The molecule has 16 heavy (non-hydrogen) atoms. The van der Waals surface area contributed by atoms with Crippen molar-refractivity contribution in [2.75, 3.05) is 0 Å². The summed E-state index contributed by atoms with van der Waals surface area (Å²) in [5, 5.41) is 0. The van der Waals surface area contributed by atoms with Crippen LogP contribution in [0.15, 0.2) is 12.4 Å². The van der Waals surface area contributed by atoms with E-state index in [1.807, 2.05) is 0 Å². The number of carbonyl (C=O) groups excluding carboxylic acids is 1. The van der Waals surface area contributed by atoms with Crippen molar-refractivity contribution < 1.29 is 4.79 Å². The first kappa shape index (κ1) is 11.8. The van der Waals surface area contributed by atoms with Crippen LogP contribution in [-0.2, 0) is 4.79 Å². The maximum atomic E-state index is 12.3. The van der Waals surface area contributed by atoms with Gasteiger partial charge in [-0.05, 0) is 33.6 Å². The summed E-state index contributed by atoms with van der Waals surface area (Å²) in [4.78, 5) is 14.4. The minimum Gasteiger partial charge on any atom is -0.338 e. The second kappa shape index (κ2) is 3.39. The van der Waals surface area contributed by atoms with Crippen LogP contribution in [0.2, 0.25) is 0 Å². The minimum atomic E-state index is -0.420. The largest absolute Gasteiger partial charge is 0.338 e. The van der Waals surface area contributed by atoms with E-state index in [0.717, 1.165) is 25.7 Å². The number of halogens is 1. The molecule has 1 saturated heterocycles. The van der Waals surface area contributed by atoms with Crippen molar-refractivity contribution in [2.24, 2.45) is 0 Å². The predicted octanol–water partition coefficient (Wildman–Crippen LogP) is 2.87. The lowest BCUT2D eigenvalue weighted by Crippen LogP contribution is -2.54. The molecule has 1 amide bonds. The molecule has 1 saturated carbocycles. The molecule has 0 bridgehead atoms. The lowest BCUT2D eigenvalue weighted by Gasteiger charge is -2.43. The van der Waals surface area contributed by atoms with Gasteiger partial charge in [-0.1, -0.05) is 19.4 Å². The molecule has 0 aromatic heterocycles. The molecule has 0 radical (unpaired) electrons. The van der Waals surface area contributed by atoms with Gasteiger partial charge in [0.1, 0.15) is 11.4 Å². The molecular formula is C12H19ClN2O. The highest BCUT2D eigenvalue weighted by atomic mass is 35.5. The molecule has 2 fully saturated rings. The molecule has 0 unspecified atom stereocenters. The Bertz CT molecular complexity index is 339. The molecule has 0 N–H and O–H groups in total. The standard InChI is InChI=1S/C12H19ClN2O/c1-9-14(13)10(16)12(7-5-6-8-12)15(9)11(2,3)4/h1,5-8H2,2-4H3. The topological polar surface area (TPSA) is 23.6 Å². The molecule has 4 heteroatoms. The zero-order chi connectivity index (χ0) is 12.1. The Kier molecular flexibility index (Phi) is 2.50. The van der Waals surface area contributed by atoms with E-state index in [9.17, 15) is 4.79 Å². The molecule has 1 aliphatic heterocycles. The summed E-state index contributed by atoms with van der Waals surface area (Å²) in [6, 6.07) is 0. The summed E-state index contributed by atoms with van der Waals surface area (Å²) in [5.74, 6) is 0.632. The van der Waals surface area contributed by atoms with Crippen LogP contribution in [0.25, 0.3) is 0 Å². The first-order valence-corrected chi connectivity index (χ1v) is 6.14. The van der Waals surface area contributed by atoms with Gasteiger partial charge in [-0.2, -0.15) is 0 Å². The Morgan fingerprint density at radius 1 is 1.31 bits per heavy atom. The average molecular weight is 243 g/mol. The van der Waals surface area contributed by atoms with Crippen molar-refractivity contribution in [3.05, 3.63) is 12.4 Å². The van der Waals surface area contributed by atoms with Gasteiger partial charge in [0.05, 0.1) is 0 Å². The molecule has 2 rings (SSSR count). The van der Waals surface area contributed by atoms with Crippen LogP contribution >= 0.6 is 11.8 Å². The highest BCUT2D eigenvalue weighted by Gasteiger charge is 2.58. The van der Waals surface area contributed by atoms with Gasteiger partial charge >= 0.3 is 0 Å². The van der Waals surface area contributed by atoms with Crippen molar-refractivity contribution in [1.82, 2.24) is 9.32 Å². The number of hydrogen-bond acceptors (Lipinski definition) is 2. The van der Waals surface area contributed by atoms with Crippen LogP contribution in [0.3, 0.4) is 0 Å². The first-order valence-electron chi connectivity index (χ1n) is 5.80. The van der Waals surface area contributed by atoms with E-state index in [1.165, 1.54) is 4.42 Å². The Labute approximate surface area is 102 Å². The fraction of sp³-hybridized carbons (Fsp3) is 0.750. The molecule has 1 aliphatic carbocycles. The third kappa shape index (κ3) is 1.37. The average Bonchev–Trinajstić information content (AvgIpc) is 2.69. The van der Waals surface area contributed by atoms with E-state index in [0.29, 0.717) is 5.82 Å². The maximum absolute atomic E-state index is 12.3. The second-order valence-corrected chi connectivity index (χ2v) is 6.09. The molecule has 0 atom stereocenters. The van der Waals surface area contributed by atoms with E-state index in [4.69, 9.17) is 11.8 Å². The van der Waals surface area contributed by atoms with Crippen LogP contribution in [0.4, 0.5) is 0 Å². The van der Waals surface area contributed by atoms with E-state index in [1.54, 1.807) is 0 Å². The van der Waals surface area contributed by atoms with Gasteiger partial charge in [0.15, 0.2) is 0 Å². The highest BCUT2D eigenvalue weighted by molar-refractivity contribution is 6.25. The predicted molar refractivity (Wildman–Crippen MR) is 64.6 cm³/mol. The maximum Gasteiger partial charge on any atom is 0.268 e. The zero-order valence-electron chi connectivity index (χ0n) is 10.2. The third-order valence-corrected chi connectivity index (χ3v) is 3.94. The Morgan fingerprint density at radius 2 is 1.81 bits per heavy atom. The van der Waals surface area contributed by atoms with E-state index >= 15 is 0 Å². The fourth-order valence-corrected chi connectivity index (χ4v) is 3.39. The van der Waals surface area contributed by atoms with E-state index in [2.05, 4.69) is 32.3 Å². The molecule has 3 nitrogen and oxygen atoms in total. The summed E-state index contributed by atoms with van der Waals surface area (Å²) in [5.41, 5.74) is -0.544. The quantitative estimate of drug-likeness (QED) is 0.610. The van der Waals surface area contributed by atoms with Crippen LogP contribution in [0, 0.1) is 0 Å². The number of rotatable bonds is 0. The van der Waals surface area contributed by atoms with E-state index in [-0.39, 0.29) is 11.4 Å². The third-order valence-electron chi connectivity index (χ3n) is 3.59. The van der Waals surface area contributed by atoms with Gasteiger partial charge in [-0.25, -0.2) is 4.42 Å². The number of nitrogens with zero attached hydrogens (tertiary/aromatic N) is 2. The molecule has 0 aromatic rings. The Morgan fingerprint density at radius 3 is 2.25 bits per heavy atom. The molecular weight excluding hydrogens is 224 g/mol. The van der Waals surface area contributed by atoms with Crippen molar-refractivity contribution >= 4 is 17.7 Å². The Hall–Kier alpha value is -0.700. The molecule has 0 aromatic carbocycles. The minimum absolute atomic E-state index is 0.00610. The lowest BCUT2D eigenvalue weighted by atomic mass is 9.90. The fourth-order valence-electron chi connectivity index (χ4n) is 3.16. The molecule has 1 spiro atoms. The van der Waals surface area contributed by atoms with Gasteiger partial charge in [-0.15, -0.1) is 0 Å². The first-order chi connectivity index (χ1) is 7.31. The monoisotopic (exact) mass is 242 g/mol. The second-order valence-electron chi connectivity index (χ2n) is 5.75. The summed E-state index contributed by atoms with van der Waals surface area (Å²) in [6.45, 7) is 10.2. The van der Waals surface area contributed by atoms with Crippen LogP contribution in [0.1, 0.15) is 46.5 Å². The van der Waals surface area contributed by atoms with E-state index < -0.39 is 5.54 Å². The molecule has 90 valence electrons. The van der Waals surface area contributed by atoms with Crippen LogP contribution in [-0.4, -0.2) is 26.3 Å². The van der Waals surface area contributed by atoms with Crippen molar-refractivity contribution in [2.45, 2.75) is 57.5 Å². The zero-order valence-corrected chi connectivity index (χ0v) is 11.0. The van der Waals surface area contributed by atoms with Gasteiger partial charge in [-0.3, -0.25) is 4.79 Å². The highest BCUT2D eigenvalue weighted by Crippen LogP contribution is 2.48. The summed E-state index contributed by atoms with van der Waals surface area (Å²) >= 11 is 6.03. The normalized spacial score (nSPS) is 25.0. The van der Waals surface area contributed by atoms with Crippen molar-refractivity contribution in [3.8, 4) is 0 Å². The van der Waals surface area contributed by atoms with Crippen molar-refractivity contribution in [3.63, 3.8) is 0 Å². The van der Waals surface area contributed by atoms with Gasteiger partial charge in [0, 0.05) is 17.3 Å². The summed E-state index contributed by atoms with van der Waals surface area (Å²) in [7, 11) is 0. The van der Waals surface area contributed by atoms with Gasteiger partial charge < -0.3 is 4.90 Å². The van der Waals surface area contributed by atoms with Gasteiger partial charge in [0.25, 0.3) is 5.91 Å². The lowest BCUT2D eigenvalue weighted by molar-refractivity contribution is -0.131. The van der Waals surface area contributed by atoms with Crippen LogP contribution < -0.4 is 0 Å². The van der Waals surface area contributed by atoms with Crippen molar-refractivity contribution in [1.29, 1.82) is 0 Å². The summed E-state index contributed by atoms with van der Waals surface area (Å²) < 4.78 is 1.20. The SMILES string of the molecule is C=C1N(Cl)C(=O)C2(CCCC2)N1C(C)(C)C. The number of hydrogen-bond donors (Lipinski definition) is 0. The van der Waals surface area contributed by atoms with Crippen LogP contribution in [0.5, 0.6) is 0 Å². The Balaban J connectivity index is 2.48. The molecule has 1 heterocycles. The number of carbonyl (C=O) groups is 1. The van der Waals surface area contributed by atoms with Gasteiger partial charge in [0.2, 0.25) is 0 Å². The number of amides is 1. The summed E-state index contributed by atoms with van der Waals surface area (Å²) in [6.07, 6.45) is 3.98. The smallest absolute Gasteiger partial charge is 0.268 e.